The monoisotopic (exact) mass is 431 g/mol. The molecule has 168 valence electrons. The number of carboxylic acids is 1. The summed E-state index contributed by atoms with van der Waals surface area (Å²) in [5, 5.41) is 9.19. The number of rotatable bonds is 13. The van der Waals surface area contributed by atoms with Gasteiger partial charge in [-0.2, -0.15) is 0 Å². The number of carboxylic acid groups (broad SMARTS) is 1. The van der Waals surface area contributed by atoms with Crippen LogP contribution >= 0.6 is 0 Å². The van der Waals surface area contributed by atoms with Gasteiger partial charge in [-0.3, -0.25) is 4.79 Å². The standard InChI is InChI=1S/C24H30FNO5/c1-3-5-14-26(16-19-6-10-20(25)11-7-19)23(27)17-31-21-12-8-18(9-13-21)15-22(24(28)29)30-4-2/h6-13,22H,3-5,14-17H2,1-2H3,(H,28,29)/t22-/m0/s1. The molecule has 0 unspecified atom stereocenters. The first-order valence-corrected chi connectivity index (χ1v) is 10.5. The van der Waals surface area contributed by atoms with Crippen LogP contribution in [0, 0.1) is 5.82 Å². The van der Waals surface area contributed by atoms with E-state index < -0.39 is 12.1 Å². The molecule has 0 heterocycles. The predicted molar refractivity (Wildman–Crippen MR) is 115 cm³/mol. The Labute approximate surface area is 182 Å². The van der Waals surface area contributed by atoms with Gasteiger partial charge < -0.3 is 19.5 Å². The van der Waals surface area contributed by atoms with Gasteiger partial charge in [-0.05, 0) is 48.7 Å². The summed E-state index contributed by atoms with van der Waals surface area (Å²) in [5.74, 6) is -0.930. The number of carbonyl (C=O) groups is 2. The van der Waals surface area contributed by atoms with Crippen LogP contribution in [-0.2, 0) is 27.3 Å². The fourth-order valence-corrected chi connectivity index (χ4v) is 3.04. The molecule has 0 aromatic heterocycles. The fourth-order valence-electron chi connectivity index (χ4n) is 3.04. The summed E-state index contributed by atoms with van der Waals surface area (Å²) in [4.78, 5) is 25.6. The maximum Gasteiger partial charge on any atom is 0.333 e. The second-order valence-electron chi connectivity index (χ2n) is 7.21. The molecule has 0 aliphatic carbocycles. The molecule has 0 spiro atoms. The van der Waals surface area contributed by atoms with Crippen LogP contribution < -0.4 is 4.74 Å². The molecule has 31 heavy (non-hydrogen) atoms. The summed E-state index contributed by atoms with van der Waals surface area (Å²) < 4.78 is 24.0. The number of unbranched alkanes of at least 4 members (excludes halogenated alkanes) is 1. The number of benzene rings is 2. The number of halogens is 1. The van der Waals surface area contributed by atoms with Crippen molar-refractivity contribution in [3.8, 4) is 5.75 Å². The Kier molecular flexibility index (Phi) is 9.97. The van der Waals surface area contributed by atoms with E-state index in [1.54, 1.807) is 48.2 Å². The van der Waals surface area contributed by atoms with E-state index in [-0.39, 0.29) is 24.8 Å². The molecule has 0 saturated heterocycles. The van der Waals surface area contributed by atoms with Crippen molar-refractivity contribution in [3.63, 3.8) is 0 Å². The van der Waals surface area contributed by atoms with Crippen LogP contribution in [0.3, 0.4) is 0 Å². The molecule has 6 nitrogen and oxygen atoms in total. The van der Waals surface area contributed by atoms with E-state index in [4.69, 9.17) is 9.47 Å². The Morgan fingerprint density at radius 2 is 1.68 bits per heavy atom. The van der Waals surface area contributed by atoms with E-state index in [1.165, 1.54) is 12.1 Å². The van der Waals surface area contributed by atoms with E-state index >= 15 is 0 Å². The van der Waals surface area contributed by atoms with Crippen LogP contribution in [0.5, 0.6) is 5.75 Å². The molecule has 0 bridgehead atoms. The molecule has 2 rings (SSSR count). The lowest BCUT2D eigenvalue weighted by Crippen LogP contribution is -2.35. The summed E-state index contributed by atoms with van der Waals surface area (Å²) in [7, 11) is 0. The van der Waals surface area contributed by atoms with E-state index in [1.807, 2.05) is 0 Å². The summed E-state index contributed by atoms with van der Waals surface area (Å²) >= 11 is 0. The van der Waals surface area contributed by atoms with Gasteiger partial charge in [0.05, 0.1) is 0 Å². The molecular formula is C24H30FNO5. The number of nitrogens with zero attached hydrogens (tertiary/aromatic N) is 1. The first kappa shape index (κ1) is 24.3. The van der Waals surface area contributed by atoms with Crippen molar-refractivity contribution in [2.45, 2.75) is 45.8 Å². The van der Waals surface area contributed by atoms with Gasteiger partial charge in [-0.25, -0.2) is 9.18 Å². The van der Waals surface area contributed by atoms with E-state index in [0.717, 1.165) is 24.0 Å². The van der Waals surface area contributed by atoms with Crippen LogP contribution in [0.2, 0.25) is 0 Å². The zero-order valence-corrected chi connectivity index (χ0v) is 18.1. The summed E-state index contributed by atoms with van der Waals surface area (Å²) in [6, 6.07) is 13.1. The number of aliphatic carboxylic acids is 1. The topological polar surface area (TPSA) is 76.1 Å². The molecular weight excluding hydrogens is 401 g/mol. The second-order valence-corrected chi connectivity index (χ2v) is 7.21. The molecule has 1 amide bonds. The van der Waals surface area contributed by atoms with E-state index in [0.29, 0.717) is 25.4 Å². The molecule has 0 saturated carbocycles. The van der Waals surface area contributed by atoms with Gasteiger partial charge >= 0.3 is 5.97 Å². The molecule has 0 aliphatic rings. The van der Waals surface area contributed by atoms with E-state index in [9.17, 15) is 19.1 Å². The van der Waals surface area contributed by atoms with Crippen LogP contribution in [0.15, 0.2) is 48.5 Å². The molecule has 2 aromatic rings. The second kappa shape index (κ2) is 12.7. The third kappa shape index (κ3) is 8.38. The fraction of sp³-hybridized carbons (Fsp3) is 0.417. The van der Waals surface area contributed by atoms with Gasteiger partial charge in [0.2, 0.25) is 0 Å². The summed E-state index contributed by atoms with van der Waals surface area (Å²) in [5.41, 5.74) is 1.66. The minimum atomic E-state index is -0.999. The zero-order valence-electron chi connectivity index (χ0n) is 18.1. The summed E-state index contributed by atoms with van der Waals surface area (Å²) in [6.07, 6.45) is 1.18. The summed E-state index contributed by atoms with van der Waals surface area (Å²) in [6.45, 7) is 5.02. The quantitative estimate of drug-likeness (QED) is 0.518. The van der Waals surface area contributed by atoms with Crippen LogP contribution in [-0.4, -0.2) is 47.7 Å². The van der Waals surface area contributed by atoms with Crippen LogP contribution in [0.4, 0.5) is 4.39 Å². The van der Waals surface area contributed by atoms with Gasteiger partial charge in [0.1, 0.15) is 11.6 Å². The third-order valence-electron chi connectivity index (χ3n) is 4.77. The minimum Gasteiger partial charge on any atom is -0.484 e. The van der Waals surface area contributed by atoms with Gasteiger partial charge in [-0.15, -0.1) is 0 Å². The van der Waals surface area contributed by atoms with Gasteiger partial charge in [0.25, 0.3) is 5.91 Å². The number of ether oxygens (including phenoxy) is 2. The van der Waals surface area contributed by atoms with Crippen molar-refractivity contribution in [2.75, 3.05) is 19.8 Å². The predicted octanol–water partition coefficient (Wildman–Crippen LogP) is 4.07. The number of amides is 1. The molecule has 1 N–H and O–H groups in total. The lowest BCUT2D eigenvalue weighted by atomic mass is 10.1. The van der Waals surface area contributed by atoms with Crippen molar-refractivity contribution >= 4 is 11.9 Å². The van der Waals surface area contributed by atoms with Gasteiger partial charge in [0.15, 0.2) is 12.7 Å². The first-order chi connectivity index (χ1) is 14.9. The van der Waals surface area contributed by atoms with Crippen molar-refractivity contribution in [2.24, 2.45) is 0 Å². The average molecular weight is 432 g/mol. The lowest BCUT2D eigenvalue weighted by Gasteiger charge is -2.23. The Morgan fingerprint density at radius 1 is 1.03 bits per heavy atom. The van der Waals surface area contributed by atoms with E-state index in [2.05, 4.69) is 6.92 Å². The maximum absolute atomic E-state index is 13.1. The molecule has 1 atom stereocenters. The Morgan fingerprint density at radius 3 is 2.26 bits per heavy atom. The average Bonchev–Trinajstić information content (AvgIpc) is 2.76. The lowest BCUT2D eigenvalue weighted by molar-refractivity contribution is -0.150. The highest BCUT2D eigenvalue weighted by atomic mass is 19.1. The molecule has 0 fully saturated rings. The number of hydrogen-bond acceptors (Lipinski definition) is 4. The normalized spacial score (nSPS) is 11.7. The van der Waals surface area contributed by atoms with Crippen LogP contribution in [0.1, 0.15) is 37.8 Å². The highest BCUT2D eigenvalue weighted by Crippen LogP contribution is 2.15. The minimum absolute atomic E-state index is 0.110. The highest BCUT2D eigenvalue weighted by molar-refractivity contribution is 5.77. The Bertz CT molecular complexity index is 823. The van der Waals surface area contributed by atoms with Gasteiger partial charge in [-0.1, -0.05) is 37.6 Å². The SMILES string of the molecule is CCCCN(Cc1ccc(F)cc1)C(=O)COc1ccc(C[C@H](OCC)C(=O)O)cc1. The maximum atomic E-state index is 13.1. The molecule has 0 aliphatic heterocycles. The number of hydrogen-bond donors (Lipinski definition) is 1. The molecule has 2 aromatic carbocycles. The first-order valence-electron chi connectivity index (χ1n) is 10.5. The van der Waals surface area contributed by atoms with Crippen molar-refractivity contribution in [3.05, 3.63) is 65.5 Å². The van der Waals surface area contributed by atoms with Crippen molar-refractivity contribution in [1.82, 2.24) is 4.90 Å². The third-order valence-corrected chi connectivity index (χ3v) is 4.77. The van der Waals surface area contributed by atoms with Gasteiger partial charge in [0, 0.05) is 26.1 Å². The molecule has 0 radical (unpaired) electrons. The smallest absolute Gasteiger partial charge is 0.333 e. The highest BCUT2D eigenvalue weighted by Gasteiger charge is 2.18. The van der Waals surface area contributed by atoms with Crippen LogP contribution in [0.25, 0.3) is 0 Å². The van der Waals surface area contributed by atoms with Crippen molar-refractivity contribution < 1.29 is 28.6 Å². The Hall–Kier alpha value is -2.93. The Balaban J connectivity index is 1.93. The number of carbonyl (C=O) groups excluding carboxylic acids is 1. The largest absolute Gasteiger partial charge is 0.484 e. The molecule has 7 heteroatoms. The zero-order chi connectivity index (χ0) is 22.6. The van der Waals surface area contributed by atoms with Crippen molar-refractivity contribution in [1.29, 1.82) is 0 Å².